The van der Waals surface area contributed by atoms with Crippen molar-refractivity contribution in [2.45, 2.75) is 38.3 Å². The number of rotatable bonds is 5. The van der Waals surface area contributed by atoms with E-state index in [1.54, 1.807) is 0 Å². The van der Waals surface area contributed by atoms with Crippen molar-refractivity contribution in [3.63, 3.8) is 0 Å². The first-order chi connectivity index (χ1) is 7.01. The number of hydrogen-bond acceptors (Lipinski definition) is 4. The second-order valence-electron chi connectivity index (χ2n) is 4.21. The lowest BCUT2D eigenvalue weighted by Crippen LogP contribution is -2.40. The minimum atomic E-state index is -2.84. The molecular weight excluding hydrogens is 214 g/mol. The summed E-state index contributed by atoms with van der Waals surface area (Å²) in [5.41, 5.74) is 0. The minimum Gasteiger partial charge on any atom is -0.378 e. The lowest BCUT2D eigenvalue weighted by atomic mass is 10.0. The van der Waals surface area contributed by atoms with Gasteiger partial charge in [0.15, 0.2) is 0 Å². The van der Waals surface area contributed by atoms with Crippen LogP contribution in [0.5, 0.6) is 0 Å². The zero-order valence-corrected chi connectivity index (χ0v) is 10.3. The molecule has 1 aliphatic heterocycles. The summed E-state index contributed by atoms with van der Waals surface area (Å²) in [6.07, 6.45) is 4.63. The number of nitrogens with one attached hydrogen (secondary N) is 1. The van der Waals surface area contributed by atoms with E-state index in [-0.39, 0.29) is 5.75 Å². The Morgan fingerprint density at radius 1 is 1.47 bits per heavy atom. The van der Waals surface area contributed by atoms with Gasteiger partial charge in [-0.15, -0.1) is 0 Å². The van der Waals surface area contributed by atoms with Crippen LogP contribution in [0.1, 0.15) is 26.2 Å². The van der Waals surface area contributed by atoms with Gasteiger partial charge in [-0.25, -0.2) is 8.42 Å². The molecule has 1 rings (SSSR count). The first-order valence-electron chi connectivity index (χ1n) is 5.54. The molecule has 0 radical (unpaired) electrons. The Morgan fingerprint density at radius 3 is 2.80 bits per heavy atom. The van der Waals surface area contributed by atoms with Crippen LogP contribution in [0.2, 0.25) is 0 Å². The van der Waals surface area contributed by atoms with Crippen LogP contribution in [0, 0.1) is 0 Å². The predicted octanol–water partition coefficient (Wildman–Crippen LogP) is 0.578. The molecule has 15 heavy (non-hydrogen) atoms. The fraction of sp³-hybridized carbons (Fsp3) is 1.00. The average molecular weight is 235 g/mol. The van der Waals surface area contributed by atoms with Crippen LogP contribution in [-0.4, -0.2) is 45.7 Å². The molecule has 90 valence electrons. The summed E-state index contributed by atoms with van der Waals surface area (Å²) < 4.78 is 27.4. The Labute approximate surface area is 92.3 Å². The van der Waals surface area contributed by atoms with Crippen LogP contribution in [0.15, 0.2) is 0 Å². The van der Waals surface area contributed by atoms with Gasteiger partial charge in [0.1, 0.15) is 9.84 Å². The lowest BCUT2D eigenvalue weighted by Gasteiger charge is -2.29. The highest BCUT2D eigenvalue weighted by Gasteiger charge is 2.20. The maximum Gasteiger partial charge on any atom is 0.148 e. The van der Waals surface area contributed by atoms with E-state index in [9.17, 15) is 8.42 Å². The van der Waals surface area contributed by atoms with Crippen molar-refractivity contribution >= 4 is 9.84 Å². The number of ether oxygens (including phenoxy) is 1. The molecule has 1 N–H and O–H groups in total. The van der Waals surface area contributed by atoms with Gasteiger partial charge >= 0.3 is 0 Å². The quantitative estimate of drug-likeness (QED) is 0.757. The SMILES string of the molecule is CCC1CC(NCCS(C)(=O)=O)CCO1. The smallest absolute Gasteiger partial charge is 0.148 e. The molecule has 2 atom stereocenters. The molecule has 5 heteroatoms. The van der Waals surface area contributed by atoms with Crippen molar-refractivity contribution < 1.29 is 13.2 Å². The Hall–Kier alpha value is -0.130. The van der Waals surface area contributed by atoms with E-state index in [0.29, 0.717) is 18.7 Å². The molecule has 0 spiro atoms. The Balaban J connectivity index is 2.21. The summed E-state index contributed by atoms with van der Waals surface area (Å²) >= 11 is 0. The van der Waals surface area contributed by atoms with Crippen molar-refractivity contribution in [1.82, 2.24) is 5.32 Å². The van der Waals surface area contributed by atoms with Crippen LogP contribution in [-0.2, 0) is 14.6 Å². The highest BCUT2D eigenvalue weighted by atomic mass is 32.2. The summed E-state index contributed by atoms with van der Waals surface area (Å²) in [6.45, 7) is 3.46. The molecule has 0 aliphatic carbocycles. The molecule has 1 saturated heterocycles. The van der Waals surface area contributed by atoms with Gasteiger partial charge in [-0.1, -0.05) is 6.92 Å². The fourth-order valence-electron chi connectivity index (χ4n) is 1.80. The Bertz CT molecular complexity index is 276. The fourth-order valence-corrected chi connectivity index (χ4v) is 2.29. The largest absolute Gasteiger partial charge is 0.378 e. The lowest BCUT2D eigenvalue weighted by molar-refractivity contribution is 0.000340. The molecule has 1 fully saturated rings. The van der Waals surface area contributed by atoms with E-state index in [4.69, 9.17) is 4.74 Å². The second-order valence-corrected chi connectivity index (χ2v) is 6.47. The molecule has 1 heterocycles. The average Bonchev–Trinajstić information content (AvgIpc) is 2.16. The maximum atomic E-state index is 10.9. The summed E-state index contributed by atoms with van der Waals surface area (Å²) in [4.78, 5) is 0. The van der Waals surface area contributed by atoms with Gasteiger partial charge in [-0.3, -0.25) is 0 Å². The molecule has 0 saturated carbocycles. The van der Waals surface area contributed by atoms with Gasteiger partial charge < -0.3 is 10.1 Å². The van der Waals surface area contributed by atoms with Crippen LogP contribution in [0.25, 0.3) is 0 Å². The number of sulfone groups is 1. The Morgan fingerprint density at radius 2 is 2.20 bits per heavy atom. The standard InChI is InChI=1S/C10H21NO3S/c1-3-10-8-9(4-6-14-10)11-5-7-15(2,12)13/h9-11H,3-8H2,1-2H3. The first kappa shape index (κ1) is 12.9. The zero-order chi connectivity index (χ0) is 11.3. The van der Waals surface area contributed by atoms with Gasteiger partial charge in [0.2, 0.25) is 0 Å². The molecule has 0 aromatic carbocycles. The van der Waals surface area contributed by atoms with E-state index in [2.05, 4.69) is 12.2 Å². The van der Waals surface area contributed by atoms with Gasteiger partial charge in [-0.05, 0) is 19.3 Å². The number of hydrogen-bond donors (Lipinski definition) is 1. The van der Waals surface area contributed by atoms with Crippen LogP contribution < -0.4 is 5.32 Å². The highest BCUT2D eigenvalue weighted by molar-refractivity contribution is 7.90. The summed E-state index contributed by atoms with van der Waals surface area (Å²) in [5.74, 6) is 0.223. The van der Waals surface area contributed by atoms with Gasteiger partial charge in [-0.2, -0.15) is 0 Å². The van der Waals surface area contributed by atoms with E-state index in [1.807, 2.05) is 0 Å². The molecular formula is C10H21NO3S. The normalized spacial score (nSPS) is 27.9. The molecule has 4 nitrogen and oxygen atoms in total. The zero-order valence-electron chi connectivity index (χ0n) is 9.53. The van der Waals surface area contributed by atoms with Gasteiger partial charge in [0, 0.05) is 25.4 Å². The van der Waals surface area contributed by atoms with Gasteiger partial charge in [0.05, 0.1) is 11.9 Å². The van der Waals surface area contributed by atoms with Crippen LogP contribution in [0.4, 0.5) is 0 Å². The molecule has 0 aromatic rings. The van der Waals surface area contributed by atoms with Crippen molar-refractivity contribution in [2.75, 3.05) is 25.2 Å². The monoisotopic (exact) mass is 235 g/mol. The van der Waals surface area contributed by atoms with E-state index in [0.717, 1.165) is 25.9 Å². The molecule has 2 unspecified atom stereocenters. The molecule has 0 bridgehead atoms. The molecule has 1 aliphatic rings. The second kappa shape index (κ2) is 5.82. The summed E-state index contributed by atoms with van der Waals surface area (Å²) in [7, 11) is -2.84. The Kier molecular flexibility index (Phi) is 5.02. The topological polar surface area (TPSA) is 55.4 Å². The van der Waals surface area contributed by atoms with E-state index < -0.39 is 9.84 Å². The summed E-state index contributed by atoms with van der Waals surface area (Å²) in [5, 5.41) is 3.28. The highest BCUT2D eigenvalue weighted by Crippen LogP contribution is 2.15. The first-order valence-corrected chi connectivity index (χ1v) is 7.60. The predicted molar refractivity (Wildman–Crippen MR) is 60.8 cm³/mol. The maximum absolute atomic E-state index is 10.9. The van der Waals surface area contributed by atoms with Gasteiger partial charge in [0.25, 0.3) is 0 Å². The molecule has 0 amide bonds. The summed E-state index contributed by atoms with van der Waals surface area (Å²) in [6, 6.07) is 0.422. The van der Waals surface area contributed by atoms with Crippen molar-refractivity contribution in [3.8, 4) is 0 Å². The van der Waals surface area contributed by atoms with Crippen molar-refractivity contribution in [1.29, 1.82) is 0 Å². The third-order valence-corrected chi connectivity index (χ3v) is 3.67. The van der Waals surface area contributed by atoms with Crippen LogP contribution in [0.3, 0.4) is 0 Å². The minimum absolute atomic E-state index is 0.223. The van der Waals surface area contributed by atoms with E-state index in [1.165, 1.54) is 6.26 Å². The third-order valence-electron chi connectivity index (χ3n) is 2.73. The molecule has 0 aromatic heterocycles. The van der Waals surface area contributed by atoms with E-state index >= 15 is 0 Å². The third kappa shape index (κ3) is 5.49. The van der Waals surface area contributed by atoms with Crippen molar-refractivity contribution in [2.24, 2.45) is 0 Å². The van der Waals surface area contributed by atoms with Crippen LogP contribution >= 0.6 is 0 Å². The van der Waals surface area contributed by atoms with Crippen molar-refractivity contribution in [3.05, 3.63) is 0 Å².